The fourth-order valence-corrected chi connectivity index (χ4v) is 4.43. The summed E-state index contributed by atoms with van der Waals surface area (Å²) in [7, 11) is 0. The van der Waals surface area contributed by atoms with Crippen LogP contribution in [0.1, 0.15) is 40.1 Å². The summed E-state index contributed by atoms with van der Waals surface area (Å²) in [5.74, 6) is -1.07. The van der Waals surface area contributed by atoms with Gasteiger partial charge in [0.15, 0.2) is 0 Å². The molecule has 0 spiro atoms. The second kappa shape index (κ2) is 7.94. The third kappa shape index (κ3) is 3.36. The summed E-state index contributed by atoms with van der Waals surface area (Å²) in [6.07, 6.45) is 0. The van der Waals surface area contributed by atoms with Crippen LogP contribution in [0.5, 0.6) is 0 Å². The van der Waals surface area contributed by atoms with Gasteiger partial charge in [-0.3, -0.25) is 19.3 Å². The maximum atomic E-state index is 13.4. The van der Waals surface area contributed by atoms with E-state index in [1.807, 2.05) is 26.0 Å². The van der Waals surface area contributed by atoms with Crippen molar-refractivity contribution in [3.8, 4) is 0 Å². The van der Waals surface area contributed by atoms with Crippen LogP contribution in [0.3, 0.4) is 0 Å². The minimum absolute atomic E-state index is 0.149. The summed E-state index contributed by atoms with van der Waals surface area (Å²) in [6.45, 7) is 8.45. The Hall–Kier alpha value is -3.15. The van der Waals surface area contributed by atoms with Crippen LogP contribution in [0.25, 0.3) is 0 Å². The molecule has 1 fully saturated rings. The Balaban J connectivity index is 1.51. The van der Waals surface area contributed by atoms with Crippen LogP contribution < -0.4 is 4.90 Å². The lowest BCUT2D eigenvalue weighted by Gasteiger charge is -2.40. The summed E-state index contributed by atoms with van der Waals surface area (Å²) < 4.78 is 0. The molecule has 1 unspecified atom stereocenters. The second-order valence-corrected chi connectivity index (χ2v) is 8.31. The highest BCUT2D eigenvalue weighted by Gasteiger charge is 2.45. The lowest BCUT2D eigenvalue weighted by Crippen LogP contribution is -2.57. The maximum absolute atomic E-state index is 13.4. The molecule has 2 heterocycles. The average Bonchev–Trinajstić information content (AvgIpc) is 3.00. The Bertz CT molecular complexity index is 958. The molecule has 0 bridgehead atoms. The lowest BCUT2D eigenvalue weighted by molar-refractivity contribution is -0.137. The number of aryl methyl sites for hydroxylation is 1. The number of carbonyl (C=O) groups is 3. The van der Waals surface area contributed by atoms with Gasteiger partial charge in [-0.2, -0.15) is 0 Å². The summed E-state index contributed by atoms with van der Waals surface area (Å²) in [5, 5.41) is 0. The first-order valence-corrected chi connectivity index (χ1v) is 10.5. The van der Waals surface area contributed by atoms with Gasteiger partial charge in [-0.05, 0) is 36.6 Å². The third-order valence-corrected chi connectivity index (χ3v) is 6.04. The molecule has 0 aliphatic carbocycles. The number of benzene rings is 2. The van der Waals surface area contributed by atoms with Crippen molar-refractivity contribution >= 4 is 23.4 Å². The zero-order valence-corrected chi connectivity index (χ0v) is 17.7. The molecule has 3 amide bonds. The van der Waals surface area contributed by atoms with Gasteiger partial charge in [0.2, 0.25) is 5.91 Å². The fourth-order valence-electron chi connectivity index (χ4n) is 4.43. The number of anilines is 1. The molecule has 6 nitrogen and oxygen atoms in total. The van der Waals surface area contributed by atoms with Gasteiger partial charge in [-0.25, -0.2) is 0 Å². The van der Waals surface area contributed by atoms with Crippen LogP contribution in [0.15, 0.2) is 48.5 Å². The van der Waals surface area contributed by atoms with E-state index in [2.05, 4.69) is 24.0 Å². The van der Waals surface area contributed by atoms with E-state index in [0.717, 1.165) is 13.1 Å². The number of hydrogen-bond acceptors (Lipinski definition) is 4. The highest BCUT2D eigenvalue weighted by atomic mass is 16.2. The number of amides is 3. The number of hydrogen-bond donors (Lipinski definition) is 0. The normalized spacial score (nSPS) is 17.5. The fraction of sp³-hybridized carbons (Fsp3) is 0.375. The van der Waals surface area contributed by atoms with Crippen LogP contribution >= 0.6 is 0 Å². The van der Waals surface area contributed by atoms with Crippen molar-refractivity contribution in [3.63, 3.8) is 0 Å². The third-order valence-electron chi connectivity index (χ3n) is 6.04. The molecule has 2 aliphatic rings. The molecule has 0 N–H and O–H groups in total. The topological polar surface area (TPSA) is 60.9 Å². The van der Waals surface area contributed by atoms with Crippen molar-refractivity contribution in [2.24, 2.45) is 5.92 Å². The van der Waals surface area contributed by atoms with E-state index >= 15 is 0 Å². The first-order chi connectivity index (χ1) is 14.4. The van der Waals surface area contributed by atoms with E-state index < -0.39 is 6.04 Å². The Morgan fingerprint density at radius 1 is 0.833 bits per heavy atom. The zero-order chi connectivity index (χ0) is 21.4. The molecule has 156 valence electrons. The van der Waals surface area contributed by atoms with Gasteiger partial charge < -0.3 is 9.80 Å². The van der Waals surface area contributed by atoms with Crippen molar-refractivity contribution < 1.29 is 14.4 Å². The van der Waals surface area contributed by atoms with Gasteiger partial charge in [-0.1, -0.05) is 44.2 Å². The van der Waals surface area contributed by atoms with Crippen LogP contribution in [0.4, 0.5) is 5.69 Å². The van der Waals surface area contributed by atoms with Crippen LogP contribution in [-0.4, -0.2) is 59.7 Å². The van der Waals surface area contributed by atoms with Gasteiger partial charge in [-0.15, -0.1) is 0 Å². The Morgan fingerprint density at radius 2 is 1.37 bits per heavy atom. The van der Waals surface area contributed by atoms with Gasteiger partial charge in [0.05, 0.1) is 11.1 Å². The molecule has 2 aromatic carbocycles. The second-order valence-electron chi connectivity index (χ2n) is 8.31. The number of imide groups is 1. The smallest absolute Gasteiger partial charge is 0.262 e. The molecule has 30 heavy (non-hydrogen) atoms. The molecule has 4 rings (SSSR count). The number of rotatable bonds is 4. The molecule has 0 aromatic heterocycles. The van der Waals surface area contributed by atoms with Crippen LogP contribution in [-0.2, 0) is 4.79 Å². The Labute approximate surface area is 177 Å². The van der Waals surface area contributed by atoms with Crippen LogP contribution in [0.2, 0.25) is 0 Å². The highest BCUT2D eigenvalue weighted by Crippen LogP contribution is 2.29. The van der Waals surface area contributed by atoms with Gasteiger partial charge in [0, 0.05) is 31.9 Å². The maximum Gasteiger partial charge on any atom is 0.262 e. The Morgan fingerprint density at radius 3 is 1.90 bits per heavy atom. The number of piperazine rings is 1. The minimum atomic E-state index is -0.789. The largest absolute Gasteiger partial charge is 0.368 e. The summed E-state index contributed by atoms with van der Waals surface area (Å²) >= 11 is 0. The van der Waals surface area contributed by atoms with Gasteiger partial charge in [0.25, 0.3) is 11.8 Å². The summed E-state index contributed by atoms with van der Waals surface area (Å²) in [6, 6.07) is 14.2. The predicted molar refractivity (Wildman–Crippen MR) is 116 cm³/mol. The molecular weight excluding hydrogens is 378 g/mol. The van der Waals surface area contributed by atoms with E-state index in [1.165, 1.54) is 16.2 Å². The molecular formula is C24H27N3O3. The molecule has 0 radical (unpaired) electrons. The van der Waals surface area contributed by atoms with Crippen molar-refractivity contribution in [1.29, 1.82) is 0 Å². The van der Waals surface area contributed by atoms with E-state index in [0.29, 0.717) is 24.2 Å². The molecule has 2 aromatic rings. The molecule has 1 atom stereocenters. The van der Waals surface area contributed by atoms with Gasteiger partial charge in [0.1, 0.15) is 6.04 Å². The number of fused-ring (bicyclic) bond motifs is 1. The first-order valence-electron chi connectivity index (χ1n) is 10.5. The molecule has 2 aliphatic heterocycles. The van der Waals surface area contributed by atoms with Crippen molar-refractivity contribution in [3.05, 3.63) is 65.2 Å². The number of carbonyl (C=O) groups excluding carboxylic acids is 3. The van der Waals surface area contributed by atoms with E-state index in [1.54, 1.807) is 29.2 Å². The average molecular weight is 405 g/mol. The molecule has 6 heteroatoms. The van der Waals surface area contributed by atoms with Crippen molar-refractivity contribution in [2.45, 2.75) is 26.8 Å². The predicted octanol–water partition coefficient (Wildman–Crippen LogP) is 2.96. The standard InChI is InChI=1S/C24H27N3O3/c1-16(2)21(27-22(28)18-9-5-6-10-19(18)23(27)29)24(30)26-14-12-25(13-15-26)20-11-7-4-8-17(20)3/h4-11,16,21H,12-15H2,1-3H3. The van der Waals surface area contributed by atoms with Crippen molar-refractivity contribution in [1.82, 2.24) is 9.80 Å². The van der Waals surface area contributed by atoms with Crippen molar-refractivity contribution in [2.75, 3.05) is 31.1 Å². The summed E-state index contributed by atoms with van der Waals surface area (Å²) in [4.78, 5) is 44.6. The molecule has 1 saturated heterocycles. The summed E-state index contributed by atoms with van der Waals surface area (Å²) in [5.41, 5.74) is 3.16. The zero-order valence-electron chi connectivity index (χ0n) is 17.7. The van der Waals surface area contributed by atoms with E-state index in [-0.39, 0.29) is 23.6 Å². The minimum Gasteiger partial charge on any atom is -0.368 e. The SMILES string of the molecule is Cc1ccccc1N1CCN(C(=O)C(C(C)C)N2C(=O)c3ccccc3C2=O)CC1. The highest BCUT2D eigenvalue weighted by molar-refractivity contribution is 6.22. The monoisotopic (exact) mass is 405 g/mol. The molecule has 0 saturated carbocycles. The Kier molecular flexibility index (Phi) is 5.33. The number of para-hydroxylation sites is 1. The quantitative estimate of drug-likeness (QED) is 0.734. The first kappa shape index (κ1) is 20.1. The van der Waals surface area contributed by atoms with Gasteiger partial charge >= 0.3 is 0 Å². The van der Waals surface area contributed by atoms with E-state index in [4.69, 9.17) is 0 Å². The lowest BCUT2D eigenvalue weighted by atomic mass is 10.00. The van der Waals surface area contributed by atoms with E-state index in [9.17, 15) is 14.4 Å². The number of nitrogens with zero attached hydrogens (tertiary/aromatic N) is 3. The van der Waals surface area contributed by atoms with Crippen LogP contribution in [0, 0.1) is 12.8 Å².